The number of aromatic nitrogens is 1. The van der Waals surface area contributed by atoms with Gasteiger partial charge in [-0.3, -0.25) is 4.98 Å². The van der Waals surface area contributed by atoms with E-state index in [0.29, 0.717) is 5.56 Å². The minimum Gasteiger partial charge on any atom is -0.320 e. The fourth-order valence-electron chi connectivity index (χ4n) is 1.32. The summed E-state index contributed by atoms with van der Waals surface area (Å²) in [6.07, 6.45) is 2.72. The van der Waals surface area contributed by atoms with Crippen molar-refractivity contribution in [3.63, 3.8) is 0 Å². The number of thiophene rings is 1. The first-order valence-corrected chi connectivity index (χ1v) is 6.00. The van der Waals surface area contributed by atoms with Crippen LogP contribution in [-0.2, 0) is 0 Å². The van der Waals surface area contributed by atoms with E-state index in [9.17, 15) is 4.39 Å². The summed E-state index contributed by atoms with van der Waals surface area (Å²) in [5, 5.41) is 3.84. The van der Waals surface area contributed by atoms with Gasteiger partial charge in [0.05, 0.1) is 12.2 Å². The quantitative estimate of drug-likeness (QED) is 0.921. The van der Waals surface area contributed by atoms with Crippen LogP contribution in [0.15, 0.2) is 33.7 Å². The minimum absolute atomic E-state index is 0.372. The molecule has 0 fully saturated rings. The van der Waals surface area contributed by atoms with E-state index in [2.05, 4.69) is 20.9 Å². The van der Waals surface area contributed by atoms with Gasteiger partial charge < -0.3 is 5.73 Å². The van der Waals surface area contributed by atoms with Crippen LogP contribution < -0.4 is 5.73 Å². The molecule has 15 heavy (non-hydrogen) atoms. The van der Waals surface area contributed by atoms with Crippen molar-refractivity contribution in [2.75, 3.05) is 0 Å². The van der Waals surface area contributed by atoms with Gasteiger partial charge >= 0.3 is 0 Å². The molecule has 1 unspecified atom stereocenters. The second-order valence-corrected chi connectivity index (χ2v) is 4.65. The smallest absolute Gasteiger partial charge is 0.146 e. The van der Waals surface area contributed by atoms with Crippen LogP contribution in [-0.4, -0.2) is 4.98 Å². The van der Waals surface area contributed by atoms with Crippen LogP contribution in [0.25, 0.3) is 0 Å². The first-order valence-electron chi connectivity index (χ1n) is 4.26. The molecule has 0 spiro atoms. The summed E-state index contributed by atoms with van der Waals surface area (Å²) in [5.74, 6) is -0.372. The fraction of sp³-hybridized carbons (Fsp3) is 0.100. The lowest BCUT2D eigenvalue weighted by molar-refractivity contribution is 0.593. The Kier molecular flexibility index (Phi) is 3.14. The van der Waals surface area contributed by atoms with Gasteiger partial charge in [-0.1, -0.05) is 0 Å². The van der Waals surface area contributed by atoms with Gasteiger partial charge in [0.25, 0.3) is 0 Å². The van der Waals surface area contributed by atoms with Gasteiger partial charge in [-0.2, -0.15) is 11.3 Å². The molecule has 0 aliphatic heterocycles. The molecule has 2 aromatic rings. The molecule has 78 valence electrons. The first kappa shape index (κ1) is 10.7. The van der Waals surface area contributed by atoms with E-state index in [4.69, 9.17) is 5.73 Å². The largest absolute Gasteiger partial charge is 0.320 e. The molecule has 2 nitrogen and oxygen atoms in total. The molecule has 2 N–H and O–H groups in total. The molecule has 2 aromatic heterocycles. The fourth-order valence-corrected chi connectivity index (χ4v) is 2.90. The highest BCUT2D eigenvalue weighted by molar-refractivity contribution is 9.10. The summed E-state index contributed by atoms with van der Waals surface area (Å²) in [5.41, 5.74) is 7.33. The number of nitrogens with zero attached hydrogens (tertiary/aromatic N) is 1. The average molecular weight is 287 g/mol. The van der Waals surface area contributed by atoms with Gasteiger partial charge in [-0.25, -0.2) is 4.39 Å². The summed E-state index contributed by atoms with van der Waals surface area (Å²) in [7, 11) is 0. The van der Waals surface area contributed by atoms with E-state index in [-0.39, 0.29) is 5.82 Å². The van der Waals surface area contributed by atoms with Crippen molar-refractivity contribution in [1.29, 1.82) is 0 Å². The van der Waals surface area contributed by atoms with Gasteiger partial charge in [0.2, 0.25) is 0 Å². The Morgan fingerprint density at radius 3 is 2.80 bits per heavy atom. The molecule has 0 saturated carbocycles. The highest BCUT2D eigenvalue weighted by Crippen LogP contribution is 2.30. The Morgan fingerprint density at radius 1 is 1.40 bits per heavy atom. The molecular formula is C10H8BrFN2S. The SMILES string of the molecule is NC(c1ccncc1F)c1cscc1Br. The lowest BCUT2D eigenvalue weighted by Gasteiger charge is -2.11. The molecule has 0 amide bonds. The normalized spacial score (nSPS) is 12.7. The van der Waals surface area contributed by atoms with Crippen LogP contribution in [0.1, 0.15) is 17.2 Å². The number of halogens is 2. The highest BCUT2D eigenvalue weighted by atomic mass is 79.9. The maximum absolute atomic E-state index is 13.4. The zero-order valence-electron chi connectivity index (χ0n) is 7.65. The van der Waals surface area contributed by atoms with Crippen molar-refractivity contribution in [2.45, 2.75) is 6.04 Å². The molecule has 0 saturated heterocycles. The lowest BCUT2D eigenvalue weighted by Crippen LogP contribution is -2.13. The summed E-state index contributed by atoms with van der Waals surface area (Å²) in [6.45, 7) is 0. The predicted molar refractivity (Wildman–Crippen MR) is 62.2 cm³/mol. The third kappa shape index (κ3) is 2.09. The average Bonchev–Trinajstić information content (AvgIpc) is 2.64. The standard InChI is InChI=1S/C10H8BrFN2S/c11-8-5-15-4-7(8)10(13)6-1-2-14-3-9(6)12/h1-5,10H,13H2. The first-order chi connectivity index (χ1) is 7.20. The maximum atomic E-state index is 13.4. The Bertz CT molecular complexity index is 472. The van der Waals surface area contributed by atoms with Crippen molar-refractivity contribution in [3.05, 3.63) is 50.6 Å². The number of hydrogen-bond donors (Lipinski definition) is 1. The Morgan fingerprint density at radius 2 is 2.20 bits per heavy atom. The molecule has 0 bridgehead atoms. The van der Waals surface area contributed by atoms with Crippen LogP contribution >= 0.6 is 27.3 Å². The van der Waals surface area contributed by atoms with Crippen molar-refractivity contribution in [1.82, 2.24) is 4.98 Å². The van der Waals surface area contributed by atoms with Crippen LogP contribution in [0.4, 0.5) is 4.39 Å². The monoisotopic (exact) mass is 286 g/mol. The van der Waals surface area contributed by atoms with Crippen LogP contribution in [0, 0.1) is 5.82 Å². The highest BCUT2D eigenvalue weighted by Gasteiger charge is 2.16. The zero-order chi connectivity index (χ0) is 10.8. The summed E-state index contributed by atoms with van der Waals surface area (Å²) in [4.78, 5) is 3.69. The second-order valence-electron chi connectivity index (χ2n) is 3.05. The van der Waals surface area contributed by atoms with Gasteiger partial charge in [-0.15, -0.1) is 0 Å². The van der Waals surface area contributed by atoms with Crippen LogP contribution in [0.5, 0.6) is 0 Å². The Hall–Kier alpha value is -0.780. The molecule has 2 rings (SSSR count). The molecule has 0 aromatic carbocycles. The summed E-state index contributed by atoms with van der Waals surface area (Å²) >= 11 is 4.91. The van der Waals surface area contributed by atoms with Gasteiger partial charge in [0.1, 0.15) is 5.82 Å². The van der Waals surface area contributed by atoms with Crippen LogP contribution in [0.2, 0.25) is 0 Å². The maximum Gasteiger partial charge on any atom is 0.146 e. The van der Waals surface area contributed by atoms with Crippen molar-refractivity contribution < 1.29 is 4.39 Å². The van der Waals surface area contributed by atoms with E-state index < -0.39 is 6.04 Å². The van der Waals surface area contributed by atoms with E-state index in [1.165, 1.54) is 17.5 Å². The van der Waals surface area contributed by atoms with Crippen molar-refractivity contribution in [2.24, 2.45) is 5.73 Å². The minimum atomic E-state index is -0.450. The number of rotatable bonds is 2. The molecule has 0 aliphatic carbocycles. The van der Waals surface area contributed by atoms with E-state index in [1.54, 1.807) is 12.3 Å². The molecule has 5 heteroatoms. The van der Waals surface area contributed by atoms with E-state index in [1.807, 2.05) is 10.8 Å². The predicted octanol–water partition coefficient (Wildman–Crippen LogP) is 3.09. The Balaban J connectivity index is 2.41. The van der Waals surface area contributed by atoms with Crippen LogP contribution in [0.3, 0.4) is 0 Å². The van der Waals surface area contributed by atoms with E-state index >= 15 is 0 Å². The van der Waals surface area contributed by atoms with E-state index in [0.717, 1.165) is 10.0 Å². The van der Waals surface area contributed by atoms with Crippen molar-refractivity contribution in [3.8, 4) is 0 Å². The summed E-state index contributed by atoms with van der Waals surface area (Å²) in [6, 6.07) is 1.15. The third-order valence-corrected chi connectivity index (χ3v) is 3.87. The number of pyridine rings is 1. The van der Waals surface area contributed by atoms with Gasteiger partial charge in [0.15, 0.2) is 0 Å². The van der Waals surface area contributed by atoms with Gasteiger partial charge in [0, 0.05) is 21.6 Å². The third-order valence-electron chi connectivity index (χ3n) is 2.12. The summed E-state index contributed by atoms with van der Waals surface area (Å²) < 4.78 is 14.3. The zero-order valence-corrected chi connectivity index (χ0v) is 10.1. The molecule has 0 aliphatic rings. The van der Waals surface area contributed by atoms with Gasteiger partial charge in [-0.05, 0) is 32.9 Å². The molecular weight excluding hydrogens is 279 g/mol. The number of hydrogen-bond acceptors (Lipinski definition) is 3. The molecule has 1 atom stereocenters. The van der Waals surface area contributed by atoms with Crippen molar-refractivity contribution >= 4 is 27.3 Å². The topological polar surface area (TPSA) is 38.9 Å². The lowest BCUT2D eigenvalue weighted by atomic mass is 10.0. The second kappa shape index (κ2) is 4.38. The number of nitrogens with two attached hydrogens (primary N) is 1. The molecule has 2 heterocycles. The molecule has 0 radical (unpaired) electrons. The Labute approximate surface area is 99.1 Å².